The molecule has 0 saturated heterocycles. The van der Waals surface area contributed by atoms with Gasteiger partial charge in [-0.15, -0.1) is 0 Å². The summed E-state index contributed by atoms with van der Waals surface area (Å²) in [5.74, 6) is -4.11. The largest absolute Gasteiger partial charge is 0.481 e. The molecule has 1 aliphatic rings. The summed E-state index contributed by atoms with van der Waals surface area (Å²) in [6, 6.07) is -2.08. The fraction of sp³-hybridized carbons (Fsp3) is 0.800. The Kier molecular flexibility index (Phi) is 8.88. The quantitative estimate of drug-likeness (QED) is 0.188. The van der Waals surface area contributed by atoms with E-state index in [0.717, 1.165) is 0 Å². The van der Waals surface area contributed by atoms with Crippen LogP contribution in [0.2, 0.25) is 0 Å². The van der Waals surface area contributed by atoms with Crippen molar-refractivity contribution in [3.63, 3.8) is 0 Å². The van der Waals surface area contributed by atoms with E-state index in [2.05, 4.69) is 10.6 Å². The number of carbonyl (C=O) groups is 3. The summed E-state index contributed by atoms with van der Waals surface area (Å²) < 4.78 is 0. The van der Waals surface area contributed by atoms with Gasteiger partial charge in [0.25, 0.3) is 0 Å². The number of carboxylic acid groups (broad SMARTS) is 3. The molecule has 150 valence electrons. The minimum atomic E-state index is -1.37. The Labute approximate surface area is 149 Å². The molecule has 1 rings (SSSR count). The molecular formula is C15H26N2O9. The zero-order valence-corrected chi connectivity index (χ0v) is 14.1. The first kappa shape index (κ1) is 22.3. The lowest BCUT2D eigenvalue weighted by Crippen LogP contribution is -2.69. The Morgan fingerprint density at radius 1 is 0.731 bits per heavy atom. The highest BCUT2D eigenvalue weighted by atomic mass is 16.4. The molecule has 0 heterocycles. The van der Waals surface area contributed by atoms with Gasteiger partial charge < -0.3 is 36.0 Å². The van der Waals surface area contributed by atoms with Crippen LogP contribution in [0.4, 0.5) is 0 Å². The maximum atomic E-state index is 10.8. The third kappa shape index (κ3) is 6.50. The molecule has 26 heavy (non-hydrogen) atoms. The minimum absolute atomic E-state index is 0.0439. The Balaban J connectivity index is 2.86. The summed E-state index contributed by atoms with van der Waals surface area (Å²) in [5, 5.41) is 62.8. The van der Waals surface area contributed by atoms with Gasteiger partial charge in [-0.25, -0.2) is 0 Å². The van der Waals surface area contributed by atoms with Gasteiger partial charge in [0.15, 0.2) is 0 Å². The van der Waals surface area contributed by atoms with Crippen LogP contribution in [0, 0.1) is 5.92 Å². The summed E-state index contributed by atoms with van der Waals surface area (Å²) in [5.41, 5.74) is 0. The van der Waals surface area contributed by atoms with E-state index < -0.39 is 60.8 Å². The lowest BCUT2D eigenvalue weighted by atomic mass is 9.73. The monoisotopic (exact) mass is 378 g/mol. The number of hydrogen-bond acceptors (Lipinski definition) is 8. The van der Waals surface area contributed by atoms with Crippen molar-refractivity contribution in [2.75, 3.05) is 13.1 Å². The van der Waals surface area contributed by atoms with Crippen molar-refractivity contribution in [2.45, 2.75) is 56.1 Å². The van der Waals surface area contributed by atoms with E-state index in [1.54, 1.807) is 0 Å². The first-order chi connectivity index (χ1) is 12.1. The Morgan fingerprint density at radius 2 is 1.27 bits per heavy atom. The van der Waals surface area contributed by atoms with Crippen molar-refractivity contribution in [1.82, 2.24) is 10.6 Å². The summed E-state index contributed by atoms with van der Waals surface area (Å²) >= 11 is 0. The predicted molar refractivity (Wildman–Crippen MR) is 86.5 cm³/mol. The van der Waals surface area contributed by atoms with Crippen molar-refractivity contribution in [3.8, 4) is 0 Å². The predicted octanol–water partition coefficient (Wildman–Crippen LogP) is -2.57. The molecule has 0 bridgehead atoms. The molecule has 1 saturated carbocycles. The Bertz CT molecular complexity index is 468. The van der Waals surface area contributed by atoms with Gasteiger partial charge >= 0.3 is 17.9 Å². The second-order valence-corrected chi connectivity index (χ2v) is 6.35. The van der Waals surface area contributed by atoms with Gasteiger partial charge in [0.05, 0.1) is 43.4 Å². The summed E-state index contributed by atoms with van der Waals surface area (Å²) in [6.07, 6.45) is -4.03. The zero-order valence-electron chi connectivity index (χ0n) is 14.1. The highest BCUT2D eigenvalue weighted by Crippen LogP contribution is 2.30. The maximum absolute atomic E-state index is 10.8. The van der Waals surface area contributed by atoms with Crippen LogP contribution >= 0.6 is 0 Å². The van der Waals surface area contributed by atoms with Gasteiger partial charge in [-0.2, -0.15) is 0 Å². The van der Waals surface area contributed by atoms with Crippen LogP contribution in [0.3, 0.4) is 0 Å². The average Bonchev–Trinajstić information content (AvgIpc) is 2.53. The fourth-order valence-electron chi connectivity index (χ4n) is 3.23. The smallest absolute Gasteiger partial charge is 0.317 e. The van der Waals surface area contributed by atoms with Crippen LogP contribution in [0.15, 0.2) is 0 Å². The molecule has 6 atom stereocenters. The molecule has 0 amide bonds. The summed E-state index contributed by atoms with van der Waals surface area (Å²) in [7, 11) is 0. The van der Waals surface area contributed by atoms with Crippen LogP contribution in [0.5, 0.6) is 0 Å². The Morgan fingerprint density at radius 3 is 1.77 bits per heavy atom. The molecule has 1 fully saturated rings. The van der Waals surface area contributed by atoms with E-state index in [1.807, 2.05) is 0 Å². The molecule has 0 aliphatic heterocycles. The molecule has 8 N–H and O–H groups in total. The number of carboxylic acids is 3. The highest BCUT2D eigenvalue weighted by Gasteiger charge is 2.48. The summed E-state index contributed by atoms with van der Waals surface area (Å²) in [4.78, 5) is 32.0. The van der Waals surface area contributed by atoms with E-state index in [9.17, 15) is 29.7 Å². The fourth-order valence-corrected chi connectivity index (χ4v) is 3.23. The molecule has 0 aromatic heterocycles. The normalized spacial score (nSPS) is 31.5. The molecule has 11 nitrogen and oxygen atoms in total. The van der Waals surface area contributed by atoms with Crippen molar-refractivity contribution in [3.05, 3.63) is 0 Å². The lowest BCUT2D eigenvalue weighted by molar-refractivity contribution is -0.141. The second kappa shape index (κ2) is 10.4. The van der Waals surface area contributed by atoms with Gasteiger partial charge in [-0.3, -0.25) is 19.7 Å². The SMILES string of the molecule is O=C(O)CCC[C@H]1[C@@H](O)[C@@H](NCC(=O)O)[C@@H](O)[C@@H](NCCC(=O)O)[C@H]1O. The lowest BCUT2D eigenvalue weighted by Gasteiger charge is -2.46. The van der Waals surface area contributed by atoms with E-state index in [-0.39, 0.29) is 32.2 Å². The van der Waals surface area contributed by atoms with Crippen molar-refractivity contribution in [1.29, 1.82) is 0 Å². The first-order valence-electron chi connectivity index (χ1n) is 8.31. The van der Waals surface area contributed by atoms with Crippen LogP contribution < -0.4 is 10.6 Å². The van der Waals surface area contributed by atoms with Gasteiger partial charge in [0, 0.05) is 18.9 Å². The number of nitrogens with one attached hydrogen (secondary N) is 2. The molecule has 1 aliphatic carbocycles. The van der Waals surface area contributed by atoms with Crippen molar-refractivity contribution in [2.24, 2.45) is 5.92 Å². The third-order valence-corrected chi connectivity index (χ3v) is 4.49. The molecule has 0 aromatic rings. The Hall–Kier alpha value is -1.79. The topological polar surface area (TPSA) is 197 Å². The minimum Gasteiger partial charge on any atom is -0.481 e. The molecule has 0 aromatic carbocycles. The second-order valence-electron chi connectivity index (χ2n) is 6.35. The van der Waals surface area contributed by atoms with E-state index in [0.29, 0.717) is 0 Å². The van der Waals surface area contributed by atoms with Crippen molar-refractivity contribution >= 4 is 17.9 Å². The van der Waals surface area contributed by atoms with Crippen LogP contribution in [0.1, 0.15) is 25.7 Å². The van der Waals surface area contributed by atoms with Crippen molar-refractivity contribution < 1.29 is 45.0 Å². The zero-order chi connectivity index (χ0) is 19.9. The van der Waals surface area contributed by atoms with Crippen LogP contribution in [0.25, 0.3) is 0 Å². The number of rotatable bonds is 11. The van der Waals surface area contributed by atoms with Crippen LogP contribution in [-0.2, 0) is 14.4 Å². The molecular weight excluding hydrogens is 352 g/mol. The maximum Gasteiger partial charge on any atom is 0.317 e. The van der Waals surface area contributed by atoms with Crippen LogP contribution in [-0.4, -0.2) is 92.0 Å². The van der Waals surface area contributed by atoms with Gasteiger partial charge in [0.1, 0.15) is 0 Å². The highest BCUT2D eigenvalue weighted by molar-refractivity contribution is 5.69. The summed E-state index contributed by atoms with van der Waals surface area (Å²) in [6.45, 7) is -0.573. The van der Waals surface area contributed by atoms with E-state index >= 15 is 0 Å². The molecule has 0 radical (unpaired) electrons. The van der Waals surface area contributed by atoms with E-state index in [4.69, 9.17) is 15.3 Å². The molecule has 0 unspecified atom stereocenters. The number of aliphatic hydroxyl groups is 3. The number of aliphatic hydroxyl groups excluding tert-OH is 3. The number of hydrogen-bond donors (Lipinski definition) is 8. The average molecular weight is 378 g/mol. The third-order valence-electron chi connectivity index (χ3n) is 4.49. The molecule has 0 spiro atoms. The number of aliphatic carboxylic acids is 3. The standard InChI is InChI=1S/C15H26N2O9/c18-8(19)3-1-2-7-13(24)11(16-5-4-9(20)21)15(26)12(14(7)25)17-6-10(22)23/h7,11-17,24-26H,1-6H2,(H,18,19)(H,20,21)(H,22,23)/t7-,11+,12-,13+,14-,15+/m1/s1. The van der Waals surface area contributed by atoms with Gasteiger partial charge in [-0.05, 0) is 12.8 Å². The first-order valence-corrected chi connectivity index (χ1v) is 8.31. The van der Waals surface area contributed by atoms with Gasteiger partial charge in [0.2, 0.25) is 0 Å². The van der Waals surface area contributed by atoms with E-state index in [1.165, 1.54) is 0 Å². The van der Waals surface area contributed by atoms with Gasteiger partial charge in [-0.1, -0.05) is 0 Å². The molecule has 11 heteroatoms.